The van der Waals surface area contributed by atoms with Crippen molar-refractivity contribution in [2.24, 2.45) is 5.73 Å². The zero-order valence-corrected chi connectivity index (χ0v) is 13.3. The summed E-state index contributed by atoms with van der Waals surface area (Å²) in [4.78, 5) is 27.5. The highest BCUT2D eigenvalue weighted by Gasteiger charge is 2.19. The molecule has 6 heteroatoms. The van der Waals surface area contributed by atoms with E-state index < -0.39 is 11.9 Å². The van der Waals surface area contributed by atoms with Crippen molar-refractivity contribution >= 4 is 34.4 Å². The third-order valence-corrected chi connectivity index (χ3v) is 3.59. The Balaban J connectivity index is 2.09. The Morgan fingerprint density at radius 1 is 1.24 bits per heavy atom. The number of aromatic nitrogens is 1. The molecule has 0 aliphatic heterocycles. The highest BCUT2D eigenvalue weighted by atomic mass is 127. The fourth-order valence-electron chi connectivity index (χ4n) is 1.87. The Labute approximate surface area is 136 Å². The van der Waals surface area contributed by atoms with Gasteiger partial charge in [-0.2, -0.15) is 0 Å². The van der Waals surface area contributed by atoms with Gasteiger partial charge in [0.15, 0.2) is 0 Å². The molecule has 0 aliphatic carbocycles. The summed E-state index contributed by atoms with van der Waals surface area (Å²) >= 11 is 2.19. The maximum Gasteiger partial charge on any atom is 0.252 e. The van der Waals surface area contributed by atoms with E-state index in [0.717, 1.165) is 9.13 Å². The van der Waals surface area contributed by atoms with Crippen molar-refractivity contribution in [2.45, 2.75) is 12.5 Å². The number of carbonyl (C=O) groups is 2. The van der Waals surface area contributed by atoms with Gasteiger partial charge < -0.3 is 11.1 Å². The number of pyridine rings is 1. The molecular weight excluding hydrogens is 381 g/mol. The molecule has 5 nitrogen and oxygen atoms in total. The molecule has 1 aromatic carbocycles. The van der Waals surface area contributed by atoms with Crippen molar-refractivity contribution in [3.63, 3.8) is 0 Å². The normalized spacial score (nSPS) is 11.7. The van der Waals surface area contributed by atoms with Crippen LogP contribution >= 0.6 is 22.6 Å². The van der Waals surface area contributed by atoms with E-state index >= 15 is 0 Å². The fourth-order valence-corrected chi connectivity index (χ4v) is 2.47. The Morgan fingerprint density at radius 2 is 1.95 bits per heavy atom. The van der Waals surface area contributed by atoms with Crippen LogP contribution in [0.2, 0.25) is 0 Å². The highest BCUT2D eigenvalue weighted by Crippen LogP contribution is 2.10. The summed E-state index contributed by atoms with van der Waals surface area (Å²) in [6, 6.07) is 10.1. The van der Waals surface area contributed by atoms with Crippen LogP contribution in [0.15, 0.2) is 48.8 Å². The average Bonchev–Trinajstić information content (AvgIpc) is 2.47. The maximum atomic E-state index is 12.1. The summed E-state index contributed by atoms with van der Waals surface area (Å²) in [6.07, 6.45) is 3.41. The number of nitrogens with zero attached hydrogens (tertiary/aromatic N) is 1. The van der Waals surface area contributed by atoms with Gasteiger partial charge in [-0.15, -0.1) is 0 Å². The molecule has 3 N–H and O–H groups in total. The van der Waals surface area contributed by atoms with Gasteiger partial charge in [0.25, 0.3) is 5.91 Å². The largest absolute Gasteiger partial charge is 0.368 e. The summed E-state index contributed by atoms with van der Waals surface area (Å²) in [6.45, 7) is 0. The van der Waals surface area contributed by atoms with E-state index in [1.165, 1.54) is 12.4 Å². The first kappa shape index (κ1) is 15.4. The predicted molar refractivity (Wildman–Crippen MR) is 87.5 cm³/mol. The number of hydrogen-bond acceptors (Lipinski definition) is 3. The molecule has 2 rings (SSSR count). The van der Waals surface area contributed by atoms with Gasteiger partial charge in [0, 0.05) is 27.9 Å². The molecule has 1 aromatic heterocycles. The van der Waals surface area contributed by atoms with Crippen molar-refractivity contribution in [1.82, 2.24) is 10.3 Å². The Hall–Kier alpha value is -1.96. The fraction of sp³-hybridized carbons (Fsp3) is 0.133. The monoisotopic (exact) mass is 395 g/mol. The molecule has 21 heavy (non-hydrogen) atoms. The number of nitrogens with one attached hydrogen (secondary N) is 1. The van der Waals surface area contributed by atoms with Crippen LogP contribution in [0, 0.1) is 3.57 Å². The standard InChI is InChI=1S/C15H14IN3O2/c16-12-3-1-2-10(8-12)9-13(14(17)20)19-15(21)11-4-6-18-7-5-11/h1-8,13H,9H2,(H2,17,20)(H,19,21)/t13-/m1/s1. The first-order valence-electron chi connectivity index (χ1n) is 6.31. The number of carbonyl (C=O) groups excluding carboxylic acids is 2. The second-order valence-corrected chi connectivity index (χ2v) is 5.74. The van der Waals surface area contributed by atoms with Crippen LogP contribution < -0.4 is 11.1 Å². The van der Waals surface area contributed by atoms with E-state index in [1.807, 2.05) is 24.3 Å². The Kier molecular flexibility index (Phi) is 5.26. The lowest BCUT2D eigenvalue weighted by molar-refractivity contribution is -0.119. The molecule has 0 saturated carbocycles. The molecular formula is C15H14IN3O2. The van der Waals surface area contributed by atoms with Crippen LogP contribution in [-0.2, 0) is 11.2 Å². The molecule has 0 radical (unpaired) electrons. The Morgan fingerprint density at radius 3 is 2.57 bits per heavy atom. The SMILES string of the molecule is NC(=O)[C@@H](Cc1cccc(I)c1)NC(=O)c1ccncc1. The summed E-state index contributed by atoms with van der Waals surface area (Å²) in [5.74, 6) is -0.900. The minimum atomic E-state index is -0.746. The van der Waals surface area contributed by atoms with Gasteiger partial charge >= 0.3 is 0 Å². The third kappa shape index (κ3) is 4.52. The molecule has 1 atom stereocenters. The molecule has 0 bridgehead atoms. The lowest BCUT2D eigenvalue weighted by atomic mass is 10.1. The van der Waals surface area contributed by atoms with Crippen LogP contribution in [0.4, 0.5) is 0 Å². The summed E-state index contributed by atoms with van der Waals surface area (Å²) < 4.78 is 1.06. The number of amides is 2. The topological polar surface area (TPSA) is 85.1 Å². The van der Waals surface area contributed by atoms with Gasteiger partial charge in [-0.25, -0.2) is 0 Å². The molecule has 0 unspecified atom stereocenters. The van der Waals surface area contributed by atoms with E-state index in [0.29, 0.717) is 12.0 Å². The van der Waals surface area contributed by atoms with E-state index in [9.17, 15) is 9.59 Å². The average molecular weight is 395 g/mol. The summed E-state index contributed by atoms with van der Waals surface area (Å²) in [7, 11) is 0. The van der Waals surface area contributed by atoms with Gasteiger partial charge in [0.1, 0.15) is 6.04 Å². The van der Waals surface area contributed by atoms with Gasteiger partial charge in [-0.3, -0.25) is 14.6 Å². The third-order valence-electron chi connectivity index (χ3n) is 2.92. The van der Waals surface area contributed by atoms with Crippen LogP contribution in [0.25, 0.3) is 0 Å². The van der Waals surface area contributed by atoms with Crippen molar-refractivity contribution in [3.8, 4) is 0 Å². The summed E-state index contributed by atoms with van der Waals surface area (Å²) in [5.41, 5.74) is 6.77. The lowest BCUT2D eigenvalue weighted by Gasteiger charge is -2.15. The molecule has 2 amide bonds. The number of rotatable bonds is 5. The zero-order chi connectivity index (χ0) is 15.2. The van der Waals surface area contributed by atoms with E-state index in [4.69, 9.17) is 5.73 Å². The van der Waals surface area contributed by atoms with Crippen LogP contribution in [0.5, 0.6) is 0 Å². The second-order valence-electron chi connectivity index (χ2n) is 4.50. The molecule has 0 aliphatic rings. The van der Waals surface area contributed by atoms with E-state index in [1.54, 1.807) is 12.1 Å². The van der Waals surface area contributed by atoms with E-state index in [2.05, 4.69) is 32.9 Å². The maximum absolute atomic E-state index is 12.1. The van der Waals surface area contributed by atoms with Crippen LogP contribution in [0.1, 0.15) is 15.9 Å². The second kappa shape index (κ2) is 7.16. The molecule has 2 aromatic rings. The van der Waals surface area contributed by atoms with Crippen molar-refractivity contribution in [1.29, 1.82) is 0 Å². The first-order chi connectivity index (χ1) is 10.1. The number of primary amides is 1. The quantitative estimate of drug-likeness (QED) is 0.753. The van der Waals surface area contributed by atoms with Gasteiger partial charge in [-0.1, -0.05) is 12.1 Å². The molecule has 0 spiro atoms. The molecule has 0 fully saturated rings. The Bertz CT molecular complexity index is 646. The number of benzene rings is 1. The van der Waals surface area contributed by atoms with Crippen LogP contribution in [0.3, 0.4) is 0 Å². The smallest absolute Gasteiger partial charge is 0.252 e. The van der Waals surface area contributed by atoms with Gasteiger partial charge in [0.2, 0.25) is 5.91 Å². The lowest BCUT2D eigenvalue weighted by Crippen LogP contribution is -2.45. The number of nitrogens with two attached hydrogens (primary N) is 1. The number of halogens is 1. The highest BCUT2D eigenvalue weighted by molar-refractivity contribution is 14.1. The molecule has 1 heterocycles. The van der Waals surface area contributed by atoms with Crippen molar-refractivity contribution in [2.75, 3.05) is 0 Å². The van der Waals surface area contributed by atoms with Crippen LogP contribution in [-0.4, -0.2) is 22.8 Å². The zero-order valence-electron chi connectivity index (χ0n) is 11.1. The van der Waals surface area contributed by atoms with Gasteiger partial charge in [-0.05, 0) is 52.4 Å². The minimum Gasteiger partial charge on any atom is -0.368 e. The first-order valence-corrected chi connectivity index (χ1v) is 7.39. The van der Waals surface area contributed by atoms with E-state index in [-0.39, 0.29) is 5.91 Å². The molecule has 0 saturated heterocycles. The van der Waals surface area contributed by atoms with Crippen molar-refractivity contribution in [3.05, 3.63) is 63.5 Å². The predicted octanol–water partition coefficient (Wildman–Crippen LogP) is 1.51. The summed E-state index contributed by atoms with van der Waals surface area (Å²) in [5, 5.41) is 2.66. The number of hydrogen-bond donors (Lipinski definition) is 2. The van der Waals surface area contributed by atoms with Gasteiger partial charge in [0.05, 0.1) is 0 Å². The van der Waals surface area contributed by atoms with Crippen molar-refractivity contribution < 1.29 is 9.59 Å². The minimum absolute atomic E-state index is 0.341. The molecule has 108 valence electrons.